The van der Waals surface area contributed by atoms with Gasteiger partial charge in [0, 0.05) is 6.54 Å². The molecule has 0 radical (unpaired) electrons. The number of nitrogens with two attached hydrogens (primary N) is 4. The van der Waals surface area contributed by atoms with Gasteiger partial charge in [-0.05, 0) is 25.2 Å². The van der Waals surface area contributed by atoms with Crippen molar-refractivity contribution in [3.8, 4) is 0 Å². The number of aliphatic imine (C=N–C) groups is 1. The topological polar surface area (TPSA) is 192 Å². The minimum atomic E-state index is -0.780. The SMILES string of the molecule is CC(C)C[C@H](NC(=O)[C@@H](N)CCCN=C(N)N)C(=O)NCC(N)=O. The van der Waals surface area contributed by atoms with Crippen molar-refractivity contribution in [3.05, 3.63) is 0 Å². The van der Waals surface area contributed by atoms with Crippen LogP contribution in [0.4, 0.5) is 0 Å². The van der Waals surface area contributed by atoms with Crippen LogP contribution in [0.3, 0.4) is 0 Å². The molecule has 0 heterocycles. The molecule has 24 heavy (non-hydrogen) atoms. The number of primary amides is 1. The summed E-state index contributed by atoms with van der Waals surface area (Å²) in [6.07, 6.45) is 1.33. The second-order valence-corrected chi connectivity index (χ2v) is 5.93. The lowest BCUT2D eigenvalue weighted by Gasteiger charge is -2.21. The first-order valence-electron chi connectivity index (χ1n) is 7.80. The molecule has 0 aliphatic heterocycles. The van der Waals surface area contributed by atoms with Gasteiger partial charge in [-0.3, -0.25) is 19.4 Å². The zero-order valence-corrected chi connectivity index (χ0v) is 14.2. The van der Waals surface area contributed by atoms with Gasteiger partial charge in [-0.15, -0.1) is 0 Å². The average Bonchev–Trinajstić information content (AvgIpc) is 2.47. The quantitative estimate of drug-likeness (QED) is 0.136. The third-order valence-corrected chi connectivity index (χ3v) is 3.08. The summed E-state index contributed by atoms with van der Waals surface area (Å²) in [5.41, 5.74) is 21.2. The molecule has 10 N–H and O–H groups in total. The zero-order valence-electron chi connectivity index (χ0n) is 14.2. The Kier molecular flexibility index (Phi) is 10.1. The molecule has 0 fully saturated rings. The fourth-order valence-corrected chi connectivity index (χ4v) is 1.93. The molecule has 0 spiro atoms. The number of hydrogen-bond donors (Lipinski definition) is 6. The molecule has 10 heteroatoms. The highest BCUT2D eigenvalue weighted by molar-refractivity contribution is 5.91. The fourth-order valence-electron chi connectivity index (χ4n) is 1.93. The Morgan fingerprint density at radius 3 is 2.21 bits per heavy atom. The summed E-state index contributed by atoms with van der Waals surface area (Å²) < 4.78 is 0. The van der Waals surface area contributed by atoms with Gasteiger partial charge in [0.2, 0.25) is 17.7 Å². The highest BCUT2D eigenvalue weighted by Gasteiger charge is 2.24. The highest BCUT2D eigenvalue weighted by atomic mass is 16.2. The van der Waals surface area contributed by atoms with Gasteiger partial charge < -0.3 is 33.6 Å². The molecule has 2 atom stereocenters. The maximum absolute atomic E-state index is 12.1. The van der Waals surface area contributed by atoms with Crippen molar-refractivity contribution in [2.45, 2.75) is 45.2 Å². The van der Waals surface area contributed by atoms with Crippen LogP contribution in [-0.2, 0) is 14.4 Å². The van der Waals surface area contributed by atoms with Gasteiger partial charge in [0.05, 0.1) is 12.6 Å². The van der Waals surface area contributed by atoms with E-state index in [9.17, 15) is 14.4 Å². The van der Waals surface area contributed by atoms with Crippen LogP contribution >= 0.6 is 0 Å². The van der Waals surface area contributed by atoms with E-state index in [1.807, 2.05) is 13.8 Å². The van der Waals surface area contributed by atoms with E-state index in [4.69, 9.17) is 22.9 Å². The maximum atomic E-state index is 12.1. The molecule has 0 saturated heterocycles. The molecule has 0 aliphatic rings. The normalized spacial score (nSPS) is 13.0. The smallest absolute Gasteiger partial charge is 0.243 e. The van der Waals surface area contributed by atoms with Crippen molar-refractivity contribution < 1.29 is 14.4 Å². The Balaban J connectivity index is 4.53. The lowest BCUT2D eigenvalue weighted by molar-refractivity contribution is -0.130. The van der Waals surface area contributed by atoms with Crippen LogP contribution < -0.4 is 33.6 Å². The lowest BCUT2D eigenvalue weighted by Crippen LogP contribution is -2.53. The molecular weight excluding hydrogens is 314 g/mol. The van der Waals surface area contributed by atoms with Crippen LogP contribution in [0.1, 0.15) is 33.1 Å². The summed E-state index contributed by atoms with van der Waals surface area (Å²) in [7, 11) is 0. The number of carbonyl (C=O) groups is 3. The predicted octanol–water partition coefficient (Wildman–Crippen LogP) is -2.50. The molecule has 0 aromatic heterocycles. The van der Waals surface area contributed by atoms with Crippen LogP contribution in [-0.4, -0.2) is 48.9 Å². The molecule has 0 rings (SSSR count). The zero-order chi connectivity index (χ0) is 18.7. The molecule has 138 valence electrons. The van der Waals surface area contributed by atoms with Crippen molar-refractivity contribution >= 4 is 23.7 Å². The van der Waals surface area contributed by atoms with Crippen molar-refractivity contribution in [3.63, 3.8) is 0 Å². The van der Waals surface area contributed by atoms with E-state index in [0.717, 1.165) is 0 Å². The maximum Gasteiger partial charge on any atom is 0.243 e. The molecule has 10 nitrogen and oxygen atoms in total. The molecular formula is C14H29N7O3. The number of nitrogens with zero attached hydrogens (tertiary/aromatic N) is 1. The van der Waals surface area contributed by atoms with Crippen LogP contribution in [0.2, 0.25) is 0 Å². The van der Waals surface area contributed by atoms with Crippen molar-refractivity contribution in [2.75, 3.05) is 13.1 Å². The second kappa shape index (κ2) is 11.2. The molecule has 0 aliphatic carbocycles. The fraction of sp³-hybridized carbons (Fsp3) is 0.714. The molecule has 0 bridgehead atoms. The standard InChI is InChI=1S/C14H29N7O3/c1-8(2)6-10(13(24)20-7-11(16)22)21-12(23)9(15)4-3-5-19-14(17)18/h8-10H,3-7,15H2,1-2H3,(H2,16,22)(H,20,24)(H,21,23)(H4,17,18,19)/t9-,10-/m0/s1. The van der Waals surface area contributed by atoms with Crippen LogP contribution in [0.25, 0.3) is 0 Å². The number of carbonyl (C=O) groups excluding carboxylic acids is 3. The molecule has 0 saturated carbocycles. The number of rotatable bonds is 11. The van der Waals surface area contributed by atoms with Gasteiger partial charge in [0.15, 0.2) is 5.96 Å². The highest BCUT2D eigenvalue weighted by Crippen LogP contribution is 2.06. The van der Waals surface area contributed by atoms with Crippen LogP contribution in [0, 0.1) is 5.92 Å². The van der Waals surface area contributed by atoms with E-state index in [2.05, 4.69) is 15.6 Å². The van der Waals surface area contributed by atoms with E-state index < -0.39 is 29.8 Å². The Morgan fingerprint density at radius 2 is 1.71 bits per heavy atom. The first-order valence-corrected chi connectivity index (χ1v) is 7.80. The number of guanidine groups is 1. The first kappa shape index (κ1) is 21.6. The van der Waals surface area contributed by atoms with Gasteiger partial charge in [-0.1, -0.05) is 13.8 Å². The summed E-state index contributed by atoms with van der Waals surface area (Å²) >= 11 is 0. The van der Waals surface area contributed by atoms with Gasteiger partial charge in [0.25, 0.3) is 0 Å². The Labute approximate surface area is 141 Å². The van der Waals surface area contributed by atoms with E-state index in [1.54, 1.807) is 0 Å². The lowest BCUT2D eigenvalue weighted by atomic mass is 10.0. The van der Waals surface area contributed by atoms with Crippen molar-refractivity contribution in [1.82, 2.24) is 10.6 Å². The van der Waals surface area contributed by atoms with Gasteiger partial charge in [-0.2, -0.15) is 0 Å². The largest absolute Gasteiger partial charge is 0.370 e. The van der Waals surface area contributed by atoms with E-state index in [0.29, 0.717) is 25.8 Å². The van der Waals surface area contributed by atoms with Gasteiger partial charge in [0.1, 0.15) is 6.04 Å². The molecule has 0 aromatic carbocycles. The summed E-state index contributed by atoms with van der Waals surface area (Å²) in [6, 6.07) is -1.56. The monoisotopic (exact) mass is 343 g/mol. The molecule has 0 aromatic rings. The Hall–Kier alpha value is -2.36. The number of amides is 3. The number of hydrogen-bond acceptors (Lipinski definition) is 5. The van der Waals surface area contributed by atoms with Crippen LogP contribution in [0.15, 0.2) is 4.99 Å². The predicted molar refractivity (Wildman–Crippen MR) is 91.5 cm³/mol. The van der Waals surface area contributed by atoms with E-state index >= 15 is 0 Å². The first-order chi connectivity index (χ1) is 11.1. The van der Waals surface area contributed by atoms with Crippen molar-refractivity contribution in [1.29, 1.82) is 0 Å². The summed E-state index contributed by atoms with van der Waals surface area (Å²) in [5.74, 6) is -1.43. The summed E-state index contributed by atoms with van der Waals surface area (Å²) in [6.45, 7) is 3.91. The Morgan fingerprint density at radius 1 is 1.08 bits per heavy atom. The minimum absolute atomic E-state index is 0.0175. The van der Waals surface area contributed by atoms with Crippen molar-refractivity contribution in [2.24, 2.45) is 33.8 Å². The second-order valence-electron chi connectivity index (χ2n) is 5.93. The minimum Gasteiger partial charge on any atom is -0.370 e. The van der Waals surface area contributed by atoms with Gasteiger partial charge >= 0.3 is 0 Å². The van der Waals surface area contributed by atoms with Crippen LogP contribution in [0.5, 0.6) is 0 Å². The number of nitrogens with one attached hydrogen (secondary N) is 2. The van der Waals surface area contributed by atoms with E-state index in [-0.39, 0.29) is 18.4 Å². The van der Waals surface area contributed by atoms with E-state index in [1.165, 1.54) is 0 Å². The molecule has 0 unspecified atom stereocenters. The average molecular weight is 343 g/mol. The Bertz CT molecular complexity index is 461. The van der Waals surface area contributed by atoms with Gasteiger partial charge in [-0.25, -0.2) is 0 Å². The summed E-state index contributed by atoms with van der Waals surface area (Å²) in [5, 5.41) is 4.99. The third kappa shape index (κ3) is 10.4. The third-order valence-electron chi connectivity index (χ3n) is 3.08. The summed E-state index contributed by atoms with van der Waals surface area (Å²) in [4.78, 5) is 38.7. The molecule has 3 amide bonds.